The van der Waals surface area contributed by atoms with Crippen LogP contribution in [0.5, 0.6) is 0 Å². The summed E-state index contributed by atoms with van der Waals surface area (Å²) in [6.45, 7) is 3.16. The van der Waals surface area contributed by atoms with Crippen molar-refractivity contribution in [3.05, 3.63) is 34.6 Å². The van der Waals surface area contributed by atoms with E-state index in [-0.39, 0.29) is 16.2 Å². The van der Waals surface area contributed by atoms with E-state index in [9.17, 15) is 9.59 Å². The van der Waals surface area contributed by atoms with Crippen LogP contribution in [0, 0.1) is 23.2 Å². The summed E-state index contributed by atoms with van der Waals surface area (Å²) in [5, 5.41) is 1.09. The molecule has 1 atom stereocenters. The van der Waals surface area contributed by atoms with Gasteiger partial charge in [0.05, 0.1) is 16.2 Å². The van der Waals surface area contributed by atoms with Gasteiger partial charge < -0.3 is 4.74 Å². The first-order valence-electron chi connectivity index (χ1n) is 11.7. The summed E-state index contributed by atoms with van der Waals surface area (Å²) in [6.07, 6.45) is 7.97. The SMILES string of the molecule is COCCCn1c(SC(C)C(=O)C23CC4CC(CC(C4)C2)C3)nc2ccccc2c1=O. The molecule has 2 aromatic rings. The lowest BCUT2D eigenvalue weighted by Crippen LogP contribution is -2.51. The first kappa shape index (κ1) is 21.2. The van der Waals surface area contributed by atoms with E-state index in [1.54, 1.807) is 11.7 Å². The summed E-state index contributed by atoms with van der Waals surface area (Å²) in [4.78, 5) is 31.8. The lowest BCUT2D eigenvalue weighted by atomic mass is 9.48. The monoisotopic (exact) mass is 440 g/mol. The molecule has 4 saturated carbocycles. The maximum atomic E-state index is 13.8. The molecule has 0 radical (unpaired) electrons. The van der Waals surface area contributed by atoms with Gasteiger partial charge in [-0.3, -0.25) is 14.2 Å². The van der Waals surface area contributed by atoms with Crippen LogP contribution >= 0.6 is 11.8 Å². The predicted octanol–water partition coefficient (Wildman–Crippen LogP) is 4.70. The molecule has 1 aromatic heterocycles. The van der Waals surface area contributed by atoms with E-state index in [0.717, 1.165) is 43.4 Å². The molecule has 4 aliphatic rings. The van der Waals surface area contributed by atoms with Gasteiger partial charge in [-0.1, -0.05) is 23.9 Å². The van der Waals surface area contributed by atoms with Crippen molar-refractivity contribution >= 4 is 28.4 Å². The van der Waals surface area contributed by atoms with Crippen molar-refractivity contribution in [3.63, 3.8) is 0 Å². The number of fused-ring (bicyclic) bond motifs is 1. The minimum absolute atomic E-state index is 0.0290. The molecule has 1 heterocycles. The third kappa shape index (κ3) is 3.86. The van der Waals surface area contributed by atoms with Crippen LogP contribution in [-0.2, 0) is 16.1 Å². The van der Waals surface area contributed by atoms with Crippen molar-refractivity contribution in [2.75, 3.05) is 13.7 Å². The number of carbonyl (C=O) groups is 1. The normalized spacial score (nSPS) is 30.1. The zero-order valence-corrected chi connectivity index (χ0v) is 19.3. The largest absolute Gasteiger partial charge is 0.385 e. The van der Waals surface area contributed by atoms with Gasteiger partial charge in [-0.15, -0.1) is 0 Å². The lowest BCUT2D eigenvalue weighted by molar-refractivity contribution is -0.143. The number of Topliss-reactive ketones (excluding diaryl/α,β-unsaturated/α-hetero) is 1. The van der Waals surface area contributed by atoms with Gasteiger partial charge in [0.25, 0.3) is 5.56 Å². The Morgan fingerprint density at radius 1 is 1.19 bits per heavy atom. The van der Waals surface area contributed by atoms with E-state index < -0.39 is 0 Å². The fourth-order valence-corrected chi connectivity index (χ4v) is 7.98. The maximum Gasteiger partial charge on any atom is 0.262 e. The van der Waals surface area contributed by atoms with Crippen molar-refractivity contribution < 1.29 is 9.53 Å². The smallest absolute Gasteiger partial charge is 0.262 e. The van der Waals surface area contributed by atoms with Crippen molar-refractivity contribution in [1.29, 1.82) is 0 Å². The topological polar surface area (TPSA) is 61.2 Å². The third-order valence-electron chi connectivity index (χ3n) is 7.77. The van der Waals surface area contributed by atoms with Crippen LogP contribution in [0.2, 0.25) is 0 Å². The molecule has 6 heteroatoms. The first-order valence-corrected chi connectivity index (χ1v) is 12.6. The van der Waals surface area contributed by atoms with Gasteiger partial charge in [-0.2, -0.15) is 0 Å². The molecule has 4 bridgehead atoms. The molecule has 4 aliphatic carbocycles. The molecular weight excluding hydrogens is 408 g/mol. The van der Waals surface area contributed by atoms with Crippen LogP contribution in [0.1, 0.15) is 51.9 Å². The van der Waals surface area contributed by atoms with E-state index in [2.05, 4.69) is 0 Å². The summed E-state index contributed by atoms with van der Waals surface area (Å²) >= 11 is 1.48. The second-order valence-corrected chi connectivity index (χ2v) is 11.3. The average molecular weight is 441 g/mol. The van der Waals surface area contributed by atoms with E-state index in [1.165, 1.54) is 31.0 Å². The number of benzene rings is 1. The van der Waals surface area contributed by atoms with Crippen LogP contribution in [0.15, 0.2) is 34.2 Å². The predicted molar refractivity (Wildman–Crippen MR) is 123 cm³/mol. The molecular formula is C25H32N2O3S. The minimum atomic E-state index is -0.196. The fraction of sp³-hybridized carbons (Fsp3) is 0.640. The molecule has 1 aromatic carbocycles. The highest BCUT2D eigenvalue weighted by Gasteiger charge is 2.55. The minimum Gasteiger partial charge on any atom is -0.385 e. The van der Waals surface area contributed by atoms with Gasteiger partial charge in [-0.05, 0) is 81.8 Å². The number of carbonyl (C=O) groups excluding carboxylic acids is 1. The molecule has 1 unspecified atom stereocenters. The maximum absolute atomic E-state index is 13.8. The zero-order valence-electron chi connectivity index (χ0n) is 18.5. The first-order chi connectivity index (χ1) is 15.0. The second-order valence-electron chi connectivity index (χ2n) is 10.0. The Morgan fingerprint density at radius 3 is 2.48 bits per heavy atom. The molecule has 5 nitrogen and oxygen atoms in total. The summed E-state index contributed by atoms with van der Waals surface area (Å²) in [7, 11) is 1.67. The Morgan fingerprint density at radius 2 is 1.84 bits per heavy atom. The highest BCUT2D eigenvalue weighted by molar-refractivity contribution is 8.00. The molecule has 31 heavy (non-hydrogen) atoms. The number of aromatic nitrogens is 2. The van der Waals surface area contributed by atoms with Crippen molar-refractivity contribution in [2.24, 2.45) is 23.2 Å². The molecule has 166 valence electrons. The Hall–Kier alpha value is -1.66. The van der Waals surface area contributed by atoms with Crippen molar-refractivity contribution in [1.82, 2.24) is 9.55 Å². The number of hydrogen-bond acceptors (Lipinski definition) is 5. The third-order valence-corrected chi connectivity index (χ3v) is 8.86. The van der Waals surface area contributed by atoms with Crippen molar-refractivity contribution in [2.45, 2.75) is 68.8 Å². The highest BCUT2D eigenvalue weighted by atomic mass is 32.2. The summed E-state index contributed by atoms with van der Waals surface area (Å²) in [5.74, 6) is 2.64. The Labute approximate surface area is 188 Å². The zero-order chi connectivity index (χ0) is 21.6. The molecule has 0 amide bonds. The van der Waals surface area contributed by atoms with Gasteiger partial charge in [0.15, 0.2) is 10.9 Å². The van der Waals surface area contributed by atoms with Gasteiger partial charge >= 0.3 is 0 Å². The number of ketones is 1. The van der Waals surface area contributed by atoms with Crippen LogP contribution in [0.4, 0.5) is 0 Å². The van der Waals surface area contributed by atoms with Crippen LogP contribution in [-0.4, -0.2) is 34.3 Å². The highest BCUT2D eigenvalue weighted by Crippen LogP contribution is 2.61. The number of hydrogen-bond donors (Lipinski definition) is 0. The van der Waals surface area contributed by atoms with Crippen molar-refractivity contribution in [3.8, 4) is 0 Å². The molecule has 0 N–H and O–H groups in total. The van der Waals surface area contributed by atoms with Gasteiger partial charge in [0, 0.05) is 25.7 Å². The molecule has 0 spiro atoms. The number of para-hydroxylation sites is 1. The molecule has 0 saturated heterocycles. The quantitative estimate of drug-likeness (QED) is 0.338. The molecule has 4 fully saturated rings. The van der Waals surface area contributed by atoms with Crippen LogP contribution in [0.3, 0.4) is 0 Å². The molecule has 0 aliphatic heterocycles. The van der Waals surface area contributed by atoms with E-state index >= 15 is 0 Å². The van der Waals surface area contributed by atoms with Gasteiger partial charge in [0.1, 0.15) is 0 Å². The lowest BCUT2D eigenvalue weighted by Gasteiger charge is -2.56. The number of methoxy groups -OCH3 is 1. The van der Waals surface area contributed by atoms with Crippen LogP contribution < -0.4 is 5.56 Å². The average Bonchev–Trinajstić information content (AvgIpc) is 2.74. The number of rotatable bonds is 8. The van der Waals surface area contributed by atoms with E-state index in [1.807, 2.05) is 31.2 Å². The Bertz CT molecular complexity index is 1010. The van der Waals surface area contributed by atoms with Crippen LogP contribution in [0.25, 0.3) is 10.9 Å². The standard InChI is InChI=1S/C25H32N2O3S/c1-16(22(28)25-13-17-10-18(14-25)12-19(11-17)15-25)31-24-26-21-7-4-3-6-20(21)23(29)27(24)8-5-9-30-2/h3-4,6-7,16-19H,5,8-15H2,1-2H3. The van der Waals surface area contributed by atoms with Gasteiger partial charge in [0.2, 0.25) is 0 Å². The molecule has 6 rings (SSSR count). The number of nitrogens with zero attached hydrogens (tertiary/aromatic N) is 2. The number of thioether (sulfide) groups is 1. The Balaban J connectivity index is 1.43. The summed E-state index contributed by atoms with van der Waals surface area (Å²) in [6, 6.07) is 7.49. The summed E-state index contributed by atoms with van der Waals surface area (Å²) < 4.78 is 6.94. The van der Waals surface area contributed by atoms with Gasteiger partial charge in [-0.25, -0.2) is 4.98 Å². The number of ether oxygens (including phenoxy) is 1. The van der Waals surface area contributed by atoms with E-state index in [4.69, 9.17) is 9.72 Å². The Kier molecular flexibility index (Phi) is 5.72. The van der Waals surface area contributed by atoms with E-state index in [0.29, 0.717) is 35.0 Å². The second kappa shape index (κ2) is 8.36. The summed E-state index contributed by atoms with van der Waals surface area (Å²) in [5.41, 5.74) is 0.547. The fourth-order valence-electron chi connectivity index (χ4n) is 6.86.